The van der Waals surface area contributed by atoms with E-state index < -0.39 is 0 Å². The van der Waals surface area contributed by atoms with Crippen molar-refractivity contribution in [2.24, 2.45) is 11.8 Å². The van der Waals surface area contributed by atoms with Gasteiger partial charge in [-0.25, -0.2) is 0 Å². The average molecular weight is 402 g/mol. The number of piperidine rings is 3. The van der Waals surface area contributed by atoms with Crippen LogP contribution in [0, 0.1) is 11.8 Å². The topological polar surface area (TPSA) is 63.1 Å². The van der Waals surface area contributed by atoms with Crippen molar-refractivity contribution in [3.05, 3.63) is 72.4 Å². The molecule has 0 spiro atoms. The monoisotopic (exact) mass is 401 g/mol. The SMILES string of the molecule is O=C(NCc1ccccc1)[C@H]1CN2CC[C@H]1C[C@@H]2Cn1cc(-c2ccccc2)nn1. The Kier molecular flexibility index (Phi) is 5.32. The Labute approximate surface area is 176 Å². The molecule has 1 amide bonds. The molecule has 3 aromatic rings. The van der Waals surface area contributed by atoms with Crippen LogP contribution in [0.1, 0.15) is 18.4 Å². The standard InChI is InChI=1S/C24H27N5O/c30-24(25-14-18-7-3-1-4-8-18)22-16-28-12-11-20(22)13-21(28)15-29-17-23(26-27-29)19-9-5-2-6-10-19/h1-10,17,20-22H,11-16H2,(H,25,30)/t20-,21+,22-/m0/s1. The molecule has 154 valence electrons. The van der Waals surface area contributed by atoms with Crippen molar-refractivity contribution in [1.82, 2.24) is 25.2 Å². The minimum atomic E-state index is 0.0920. The predicted molar refractivity (Wildman–Crippen MR) is 115 cm³/mol. The van der Waals surface area contributed by atoms with Crippen molar-refractivity contribution in [1.29, 1.82) is 0 Å². The van der Waals surface area contributed by atoms with Gasteiger partial charge in [-0.1, -0.05) is 65.9 Å². The summed E-state index contributed by atoms with van der Waals surface area (Å²) in [7, 11) is 0. The number of carbonyl (C=O) groups excluding carboxylic acids is 1. The maximum Gasteiger partial charge on any atom is 0.224 e. The van der Waals surface area contributed by atoms with Crippen molar-refractivity contribution in [3.8, 4) is 11.3 Å². The fraction of sp³-hybridized carbons (Fsp3) is 0.375. The van der Waals surface area contributed by atoms with Crippen LogP contribution >= 0.6 is 0 Å². The van der Waals surface area contributed by atoms with Gasteiger partial charge in [0.25, 0.3) is 0 Å². The Morgan fingerprint density at radius 1 is 1.07 bits per heavy atom. The van der Waals surface area contributed by atoms with Gasteiger partial charge in [-0.15, -0.1) is 5.10 Å². The molecular formula is C24H27N5O. The molecule has 2 bridgehead atoms. The molecule has 4 atom stereocenters. The van der Waals surface area contributed by atoms with Gasteiger partial charge in [-0.05, 0) is 30.9 Å². The van der Waals surface area contributed by atoms with E-state index in [1.807, 2.05) is 47.3 Å². The number of fused-ring (bicyclic) bond motifs is 3. The highest BCUT2D eigenvalue weighted by Crippen LogP contribution is 2.37. The lowest BCUT2D eigenvalue weighted by Crippen LogP contribution is -2.57. The molecule has 1 unspecified atom stereocenters. The van der Waals surface area contributed by atoms with E-state index in [1.165, 1.54) is 0 Å². The lowest BCUT2D eigenvalue weighted by molar-refractivity contribution is -0.133. The highest BCUT2D eigenvalue weighted by molar-refractivity contribution is 5.79. The minimum absolute atomic E-state index is 0.0920. The molecular weight excluding hydrogens is 374 g/mol. The summed E-state index contributed by atoms with van der Waals surface area (Å²) in [6.07, 6.45) is 4.18. The summed E-state index contributed by atoms with van der Waals surface area (Å²) in [5.74, 6) is 0.737. The van der Waals surface area contributed by atoms with E-state index in [2.05, 4.69) is 44.8 Å². The van der Waals surface area contributed by atoms with Crippen LogP contribution in [0.2, 0.25) is 0 Å². The van der Waals surface area contributed by atoms with Crippen molar-refractivity contribution < 1.29 is 4.79 Å². The smallest absolute Gasteiger partial charge is 0.224 e. The maximum absolute atomic E-state index is 12.8. The first-order chi connectivity index (χ1) is 14.8. The van der Waals surface area contributed by atoms with Gasteiger partial charge in [-0.3, -0.25) is 14.4 Å². The summed E-state index contributed by atoms with van der Waals surface area (Å²) in [4.78, 5) is 15.3. The third kappa shape index (κ3) is 4.00. The van der Waals surface area contributed by atoms with Gasteiger partial charge in [0.05, 0.1) is 18.7 Å². The first-order valence-corrected chi connectivity index (χ1v) is 10.8. The van der Waals surface area contributed by atoms with Crippen LogP contribution in [0.15, 0.2) is 66.9 Å². The molecule has 3 fully saturated rings. The fourth-order valence-electron chi connectivity index (χ4n) is 4.89. The van der Waals surface area contributed by atoms with Crippen molar-refractivity contribution >= 4 is 5.91 Å². The number of rotatable bonds is 6. The average Bonchev–Trinajstić information content (AvgIpc) is 3.28. The van der Waals surface area contributed by atoms with E-state index in [1.54, 1.807) is 0 Å². The van der Waals surface area contributed by atoms with E-state index in [0.29, 0.717) is 18.5 Å². The number of carbonyl (C=O) groups is 1. The highest BCUT2D eigenvalue weighted by atomic mass is 16.1. The number of amides is 1. The van der Waals surface area contributed by atoms with Gasteiger partial charge in [-0.2, -0.15) is 0 Å². The molecule has 30 heavy (non-hydrogen) atoms. The normalized spacial score (nSPS) is 25.2. The van der Waals surface area contributed by atoms with Crippen LogP contribution in [0.3, 0.4) is 0 Å². The van der Waals surface area contributed by atoms with Crippen LogP contribution < -0.4 is 5.32 Å². The summed E-state index contributed by atoms with van der Waals surface area (Å²) in [6, 6.07) is 20.7. The Morgan fingerprint density at radius 3 is 2.57 bits per heavy atom. The lowest BCUT2D eigenvalue weighted by atomic mass is 9.75. The largest absolute Gasteiger partial charge is 0.352 e. The molecule has 1 aromatic heterocycles. The van der Waals surface area contributed by atoms with Crippen LogP contribution in [0.5, 0.6) is 0 Å². The minimum Gasteiger partial charge on any atom is -0.352 e. The first-order valence-electron chi connectivity index (χ1n) is 10.8. The van der Waals surface area contributed by atoms with Crippen molar-refractivity contribution in [2.75, 3.05) is 13.1 Å². The Morgan fingerprint density at radius 2 is 1.83 bits per heavy atom. The van der Waals surface area contributed by atoms with E-state index in [-0.39, 0.29) is 11.8 Å². The molecule has 6 rings (SSSR count). The zero-order valence-electron chi connectivity index (χ0n) is 17.0. The van der Waals surface area contributed by atoms with Crippen molar-refractivity contribution in [2.45, 2.75) is 32.0 Å². The van der Waals surface area contributed by atoms with Gasteiger partial charge < -0.3 is 5.32 Å². The third-order valence-electron chi connectivity index (χ3n) is 6.53. The van der Waals surface area contributed by atoms with E-state index >= 15 is 0 Å². The van der Waals surface area contributed by atoms with Crippen molar-refractivity contribution in [3.63, 3.8) is 0 Å². The Hall–Kier alpha value is -2.99. The van der Waals surface area contributed by atoms with Gasteiger partial charge >= 0.3 is 0 Å². The molecule has 4 heterocycles. The van der Waals surface area contributed by atoms with Gasteiger partial charge in [0.2, 0.25) is 5.91 Å². The highest BCUT2D eigenvalue weighted by Gasteiger charge is 2.43. The number of benzene rings is 2. The molecule has 0 radical (unpaired) electrons. The summed E-state index contributed by atoms with van der Waals surface area (Å²) < 4.78 is 1.96. The Balaban J connectivity index is 1.19. The van der Waals surface area contributed by atoms with Gasteiger partial charge in [0, 0.05) is 24.7 Å². The molecule has 3 saturated heterocycles. The second kappa shape index (κ2) is 8.40. The zero-order valence-corrected chi connectivity index (χ0v) is 17.0. The third-order valence-corrected chi connectivity index (χ3v) is 6.53. The molecule has 1 N–H and O–H groups in total. The number of aromatic nitrogens is 3. The Bertz CT molecular complexity index is 987. The maximum atomic E-state index is 12.8. The van der Waals surface area contributed by atoms with Crippen LogP contribution in [-0.4, -0.2) is 44.9 Å². The number of nitrogens with zero attached hydrogens (tertiary/aromatic N) is 4. The quantitative estimate of drug-likeness (QED) is 0.690. The van der Waals surface area contributed by atoms with E-state index in [9.17, 15) is 4.79 Å². The molecule has 6 heteroatoms. The van der Waals surface area contributed by atoms with Crippen LogP contribution in [0.4, 0.5) is 0 Å². The molecule has 3 aliphatic heterocycles. The molecule has 6 nitrogen and oxygen atoms in total. The number of hydrogen-bond donors (Lipinski definition) is 1. The van der Waals surface area contributed by atoms with E-state index in [0.717, 1.165) is 49.3 Å². The summed E-state index contributed by atoms with van der Waals surface area (Å²) in [5.41, 5.74) is 3.14. The fourth-order valence-corrected chi connectivity index (χ4v) is 4.89. The van der Waals surface area contributed by atoms with Crippen LogP contribution in [0.25, 0.3) is 11.3 Å². The summed E-state index contributed by atoms with van der Waals surface area (Å²) in [5, 5.41) is 11.8. The second-order valence-corrected chi connectivity index (χ2v) is 8.43. The van der Waals surface area contributed by atoms with E-state index in [4.69, 9.17) is 0 Å². The molecule has 2 aromatic carbocycles. The summed E-state index contributed by atoms with van der Waals surface area (Å²) >= 11 is 0. The molecule has 0 aliphatic carbocycles. The second-order valence-electron chi connectivity index (χ2n) is 8.43. The lowest BCUT2D eigenvalue weighted by Gasteiger charge is -2.49. The zero-order chi connectivity index (χ0) is 20.3. The first kappa shape index (κ1) is 19.0. The predicted octanol–water partition coefficient (Wildman–Crippen LogP) is 2.97. The molecule has 0 saturated carbocycles. The molecule has 3 aliphatic rings. The van der Waals surface area contributed by atoms with Gasteiger partial charge in [0.15, 0.2) is 0 Å². The number of hydrogen-bond acceptors (Lipinski definition) is 4. The van der Waals surface area contributed by atoms with Crippen LogP contribution in [-0.2, 0) is 17.9 Å². The van der Waals surface area contributed by atoms with Gasteiger partial charge in [0.1, 0.15) is 5.69 Å². The number of nitrogens with one attached hydrogen (secondary N) is 1. The summed E-state index contributed by atoms with van der Waals surface area (Å²) in [6.45, 7) is 3.34.